The molecule has 2 heterocycles. The molecule has 1 N–H and O–H groups in total. The minimum atomic E-state index is -0.950. The van der Waals surface area contributed by atoms with E-state index in [-0.39, 0.29) is 23.9 Å². The van der Waals surface area contributed by atoms with Crippen LogP contribution in [0.2, 0.25) is 0 Å². The molecule has 4 rings (SSSR count). The molecule has 0 amide bonds. The predicted molar refractivity (Wildman–Crippen MR) is 126 cm³/mol. The van der Waals surface area contributed by atoms with Gasteiger partial charge in [0.1, 0.15) is 29.8 Å². The van der Waals surface area contributed by atoms with Gasteiger partial charge in [-0.25, -0.2) is 4.79 Å². The normalized spacial score (nSPS) is 21.9. The second-order valence-electron chi connectivity index (χ2n) is 8.91. The smallest absolute Gasteiger partial charge is 0.337 e. The third-order valence-electron chi connectivity index (χ3n) is 6.54. The lowest BCUT2D eigenvalue weighted by molar-refractivity contribution is -0.151. The summed E-state index contributed by atoms with van der Waals surface area (Å²) in [5, 5.41) is 3.23. The number of Topliss-reactive ketones (excluding diaryl/α,β-unsaturated/α-hetero) is 1. The summed E-state index contributed by atoms with van der Waals surface area (Å²) in [4.78, 5) is 39.5. The fourth-order valence-electron chi connectivity index (χ4n) is 4.79. The number of rotatable bonds is 6. The molecule has 1 aromatic carbocycles. The Bertz CT molecular complexity index is 1220. The van der Waals surface area contributed by atoms with E-state index in [4.69, 9.17) is 18.6 Å². The lowest BCUT2D eigenvalue weighted by Gasteiger charge is -2.37. The first-order valence-electron chi connectivity index (χ1n) is 11.4. The Balaban J connectivity index is 1.69. The number of nitrogens with one attached hydrogen (secondary N) is 1. The lowest BCUT2D eigenvalue weighted by Crippen LogP contribution is -2.43. The minimum absolute atomic E-state index is 0.0468. The van der Waals surface area contributed by atoms with Crippen LogP contribution in [0, 0.1) is 18.8 Å². The zero-order valence-electron chi connectivity index (χ0n) is 20.5. The molecule has 0 bridgehead atoms. The first-order chi connectivity index (χ1) is 16.7. The second kappa shape index (κ2) is 9.82. The Hall–Kier alpha value is -3.81. The number of esters is 2. The van der Waals surface area contributed by atoms with E-state index < -0.39 is 23.8 Å². The summed E-state index contributed by atoms with van der Waals surface area (Å²) in [6.07, 6.45) is 0.461. The van der Waals surface area contributed by atoms with Crippen LogP contribution in [0.15, 0.2) is 63.4 Å². The zero-order valence-corrected chi connectivity index (χ0v) is 20.5. The maximum Gasteiger partial charge on any atom is 0.337 e. The van der Waals surface area contributed by atoms with Crippen molar-refractivity contribution in [3.8, 4) is 5.75 Å². The molecule has 1 aliphatic carbocycles. The number of methoxy groups -OCH3 is 2. The highest BCUT2D eigenvalue weighted by atomic mass is 16.5. The van der Waals surface area contributed by atoms with Crippen molar-refractivity contribution in [2.45, 2.75) is 39.7 Å². The molecule has 184 valence electrons. The highest BCUT2D eigenvalue weighted by Crippen LogP contribution is 2.45. The number of carbonyl (C=O) groups excluding carboxylic acids is 3. The number of benzene rings is 1. The van der Waals surface area contributed by atoms with Crippen LogP contribution in [-0.4, -0.2) is 31.9 Å². The van der Waals surface area contributed by atoms with Crippen molar-refractivity contribution in [2.75, 3.05) is 14.2 Å². The van der Waals surface area contributed by atoms with Crippen molar-refractivity contribution < 1.29 is 33.0 Å². The van der Waals surface area contributed by atoms with E-state index in [2.05, 4.69) is 5.32 Å². The molecule has 0 saturated heterocycles. The molecule has 8 heteroatoms. The Morgan fingerprint density at radius 1 is 1.09 bits per heavy atom. The predicted octanol–water partition coefficient (Wildman–Crippen LogP) is 3.95. The van der Waals surface area contributed by atoms with Crippen molar-refractivity contribution in [1.29, 1.82) is 0 Å². The number of allylic oxidation sites excluding steroid dienone is 3. The van der Waals surface area contributed by atoms with Gasteiger partial charge in [-0.1, -0.05) is 19.1 Å². The number of carbonyl (C=O) groups is 3. The number of dihydropyridines is 1. The molecule has 0 unspecified atom stereocenters. The molecule has 2 aromatic rings. The van der Waals surface area contributed by atoms with Gasteiger partial charge in [0.15, 0.2) is 5.78 Å². The van der Waals surface area contributed by atoms with Gasteiger partial charge in [0, 0.05) is 17.0 Å². The van der Waals surface area contributed by atoms with Gasteiger partial charge in [-0.2, -0.15) is 0 Å². The molecule has 0 radical (unpaired) electrons. The van der Waals surface area contributed by atoms with Crippen LogP contribution in [0.4, 0.5) is 0 Å². The van der Waals surface area contributed by atoms with Crippen molar-refractivity contribution in [2.24, 2.45) is 11.8 Å². The molecule has 3 atom stereocenters. The maximum atomic E-state index is 13.6. The number of ether oxygens (including phenoxy) is 3. The Morgan fingerprint density at radius 2 is 1.80 bits per heavy atom. The number of hydrogen-bond donors (Lipinski definition) is 1. The number of furan rings is 1. The largest absolute Gasteiger partial charge is 0.497 e. The van der Waals surface area contributed by atoms with E-state index in [1.165, 1.54) is 7.11 Å². The molecule has 2 aliphatic rings. The molecule has 0 fully saturated rings. The Morgan fingerprint density at radius 3 is 2.40 bits per heavy atom. The van der Waals surface area contributed by atoms with Gasteiger partial charge in [0.25, 0.3) is 0 Å². The number of aryl methyl sites for hydroxylation is 1. The average molecular weight is 480 g/mol. The summed E-state index contributed by atoms with van der Waals surface area (Å²) in [5.74, 6) is -1.74. The highest BCUT2D eigenvalue weighted by molar-refractivity contribution is 6.12. The van der Waals surface area contributed by atoms with Crippen LogP contribution >= 0.6 is 0 Å². The highest BCUT2D eigenvalue weighted by Gasteiger charge is 2.48. The third kappa shape index (κ3) is 4.60. The molecule has 1 aliphatic heterocycles. The lowest BCUT2D eigenvalue weighted by atomic mass is 9.70. The van der Waals surface area contributed by atoms with E-state index in [0.717, 1.165) is 5.56 Å². The zero-order chi connectivity index (χ0) is 25.3. The number of ketones is 1. The van der Waals surface area contributed by atoms with Gasteiger partial charge in [0.2, 0.25) is 0 Å². The van der Waals surface area contributed by atoms with Crippen LogP contribution in [-0.2, 0) is 30.5 Å². The first kappa shape index (κ1) is 24.3. The summed E-state index contributed by atoms with van der Waals surface area (Å²) in [7, 11) is 2.85. The summed E-state index contributed by atoms with van der Waals surface area (Å²) in [5.41, 5.74) is 2.68. The molecular formula is C27H29NO7. The monoisotopic (exact) mass is 479 g/mol. The quantitative estimate of drug-likeness (QED) is 0.491. The van der Waals surface area contributed by atoms with Gasteiger partial charge in [-0.3, -0.25) is 9.59 Å². The van der Waals surface area contributed by atoms with Crippen molar-refractivity contribution in [1.82, 2.24) is 5.32 Å². The van der Waals surface area contributed by atoms with E-state index >= 15 is 0 Å². The summed E-state index contributed by atoms with van der Waals surface area (Å²) < 4.78 is 21.6. The molecule has 0 saturated carbocycles. The third-order valence-corrected chi connectivity index (χ3v) is 6.54. The summed E-state index contributed by atoms with van der Waals surface area (Å²) in [6.45, 7) is 5.46. The van der Waals surface area contributed by atoms with Gasteiger partial charge in [0.05, 0.1) is 25.7 Å². The van der Waals surface area contributed by atoms with E-state index in [9.17, 15) is 14.4 Å². The average Bonchev–Trinajstić information content (AvgIpc) is 3.27. The van der Waals surface area contributed by atoms with Crippen molar-refractivity contribution in [3.05, 3.63) is 76.0 Å². The van der Waals surface area contributed by atoms with Crippen LogP contribution in [0.1, 0.15) is 43.3 Å². The molecule has 1 aromatic heterocycles. The molecule has 35 heavy (non-hydrogen) atoms. The van der Waals surface area contributed by atoms with Crippen LogP contribution in [0.3, 0.4) is 0 Å². The van der Waals surface area contributed by atoms with Gasteiger partial charge >= 0.3 is 11.9 Å². The fraction of sp³-hybridized carbons (Fsp3) is 0.370. The Kier molecular flexibility index (Phi) is 6.82. The topological polar surface area (TPSA) is 104 Å². The maximum absolute atomic E-state index is 13.6. The Labute approximate surface area is 203 Å². The molecule has 0 spiro atoms. The van der Waals surface area contributed by atoms with Crippen molar-refractivity contribution in [3.63, 3.8) is 0 Å². The molecule has 8 nitrogen and oxygen atoms in total. The summed E-state index contributed by atoms with van der Waals surface area (Å²) in [6, 6.07) is 10.7. The summed E-state index contributed by atoms with van der Waals surface area (Å²) >= 11 is 0. The van der Waals surface area contributed by atoms with E-state index in [1.54, 1.807) is 45.2 Å². The van der Waals surface area contributed by atoms with Crippen LogP contribution in [0.5, 0.6) is 5.75 Å². The standard InChI is InChI=1S/C27H29NO7/c1-14-12-19-23(25(29)21(14)26(30)33-5)24(20-11-6-15(2)35-20)22(16(3)28-19)27(31)34-13-17-7-9-18(32-4)10-8-17/h6-11,14,21,24,28H,12-13H2,1-5H3/t14-,21-,24-/m0/s1. The van der Waals surface area contributed by atoms with Crippen LogP contribution < -0.4 is 10.1 Å². The second-order valence-corrected chi connectivity index (χ2v) is 8.91. The van der Waals surface area contributed by atoms with Gasteiger partial charge in [-0.05, 0) is 56.0 Å². The molecular weight excluding hydrogens is 450 g/mol. The SMILES string of the molecule is COC(=O)[C@@H]1C(=O)C2=C(C[C@@H]1C)NC(C)=C(C(=O)OCc1ccc(OC)cc1)[C@@H]2c1ccc(C)o1. The minimum Gasteiger partial charge on any atom is -0.497 e. The van der Waals surface area contributed by atoms with Crippen molar-refractivity contribution >= 4 is 17.7 Å². The first-order valence-corrected chi connectivity index (χ1v) is 11.4. The van der Waals surface area contributed by atoms with Gasteiger partial charge in [-0.15, -0.1) is 0 Å². The van der Waals surface area contributed by atoms with Crippen LogP contribution in [0.25, 0.3) is 0 Å². The van der Waals surface area contributed by atoms with Gasteiger partial charge < -0.3 is 23.9 Å². The fourth-order valence-corrected chi connectivity index (χ4v) is 4.79. The van der Waals surface area contributed by atoms with E-state index in [0.29, 0.717) is 40.7 Å². The number of hydrogen-bond acceptors (Lipinski definition) is 8. The van der Waals surface area contributed by atoms with E-state index in [1.807, 2.05) is 19.1 Å².